The Hall–Kier alpha value is -1.79. The van der Waals surface area contributed by atoms with Crippen LogP contribution >= 0.6 is 0 Å². The van der Waals surface area contributed by atoms with Crippen molar-refractivity contribution in [3.63, 3.8) is 0 Å². The number of carbonyl (C=O) groups excluding carboxylic acids is 1. The van der Waals surface area contributed by atoms with E-state index >= 15 is 0 Å². The highest BCUT2D eigenvalue weighted by Crippen LogP contribution is 2.17. The first-order valence-electron chi connectivity index (χ1n) is 6.54. The zero-order valence-electron chi connectivity index (χ0n) is 11.6. The second kappa shape index (κ2) is 7.85. The van der Waals surface area contributed by atoms with E-state index in [4.69, 9.17) is 4.74 Å². The van der Waals surface area contributed by atoms with E-state index in [1.54, 1.807) is 0 Å². The summed E-state index contributed by atoms with van der Waals surface area (Å²) in [4.78, 5) is 12.4. The molecule has 0 N–H and O–H groups in total. The first-order valence-corrected chi connectivity index (χ1v) is 6.54. The normalized spacial score (nSPS) is 11.3. The van der Waals surface area contributed by atoms with Gasteiger partial charge in [-0.3, -0.25) is 4.79 Å². The van der Waals surface area contributed by atoms with Crippen LogP contribution < -0.4 is 4.74 Å². The van der Waals surface area contributed by atoms with Gasteiger partial charge in [-0.2, -0.15) is 13.2 Å². The number of hydrogen-bond donors (Lipinski definition) is 0. The van der Waals surface area contributed by atoms with Gasteiger partial charge in [0, 0.05) is 13.0 Å². The maximum atomic E-state index is 12.6. The van der Waals surface area contributed by atoms with Gasteiger partial charge < -0.3 is 9.64 Å². The lowest BCUT2D eigenvalue weighted by Crippen LogP contribution is -2.38. The Morgan fingerprint density at radius 1 is 1.24 bits per heavy atom. The average molecular weight is 307 g/mol. The molecule has 0 saturated carbocycles. The highest BCUT2D eigenvalue weighted by atomic mass is 19.4. The van der Waals surface area contributed by atoms with Crippen LogP contribution in [0, 0.1) is 5.82 Å². The van der Waals surface area contributed by atoms with Crippen molar-refractivity contribution in [3.8, 4) is 5.75 Å². The van der Waals surface area contributed by atoms with Crippen molar-refractivity contribution >= 4 is 5.91 Å². The van der Waals surface area contributed by atoms with Crippen LogP contribution in [-0.4, -0.2) is 36.7 Å². The second-order valence-electron chi connectivity index (χ2n) is 4.43. The molecule has 21 heavy (non-hydrogen) atoms. The van der Waals surface area contributed by atoms with Crippen LogP contribution in [0.4, 0.5) is 17.6 Å². The topological polar surface area (TPSA) is 29.5 Å². The lowest BCUT2D eigenvalue weighted by Gasteiger charge is -2.22. The maximum absolute atomic E-state index is 12.6. The van der Waals surface area contributed by atoms with E-state index in [0.717, 1.165) is 4.90 Å². The molecule has 1 aromatic rings. The van der Waals surface area contributed by atoms with Gasteiger partial charge in [0.15, 0.2) is 0 Å². The number of nitrogens with zero attached hydrogens (tertiary/aromatic N) is 1. The number of alkyl halides is 3. The zero-order chi connectivity index (χ0) is 15.9. The summed E-state index contributed by atoms with van der Waals surface area (Å²) in [6, 6.07) is 5.36. The summed E-state index contributed by atoms with van der Waals surface area (Å²) in [6.07, 6.45) is -4.12. The fourth-order valence-corrected chi connectivity index (χ4v) is 1.70. The molecule has 118 valence electrons. The molecule has 0 aromatic heterocycles. The Morgan fingerprint density at radius 3 is 2.38 bits per heavy atom. The first-order chi connectivity index (χ1) is 9.81. The number of amides is 1. The van der Waals surface area contributed by atoms with E-state index in [1.165, 1.54) is 31.2 Å². The minimum absolute atomic E-state index is 0.0111. The number of carbonyl (C=O) groups is 1. The standard InChI is InChI=1S/C14H17F4NO2/c1-2-19(10-14(16,17)18)13(20)4-3-9-21-12-7-5-11(15)6-8-12/h5-8H,2-4,9-10H2,1H3. The molecular formula is C14H17F4NO2. The van der Waals surface area contributed by atoms with Gasteiger partial charge in [-0.05, 0) is 37.6 Å². The molecule has 0 aliphatic carbocycles. The lowest BCUT2D eigenvalue weighted by atomic mass is 10.2. The Kier molecular flexibility index (Phi) is 6.45. The Bertz CT molecular complexity index is 445. The molecule has 3 nitrogen and oxygen atoms in total. The van der Waals surface area contributed by atoms with Gasteiger partial charge in [0.25, 0.3) is 0 Å². The molecule has 0 unspecified atom stereocenters. The van der Waals surface area contributed by atoms with Crippen molar-refractivity contribution in [1.29, 1.82) is 0 Å². The number of rotatable bonds is 7. The van der Waals surface area contributed by atoms with Crippen LogP contribution in [0.2, 0.25) is 0 Å². The molecule has 0 aliphatic rings. The third kappa shape index (κ3) is 6.97. The van der Waals surface area contributed by atoms with Crippen LogP contribution in [0.15, 0.2) is 24.3 Å². The molecule has 0 aliphatic heterocycles. The molecule has 0 saturated heterocycles. The average Bonchev–Trinajstić information content (AvgIpc) is 2.41. The van der Waals surface area contributed by atoms with Crippen LogP contribution in [0.3, 0.4) is 0 Å². The number of hydrogen-bond acceptors (Lipinski definition) is 2. The van der Waals surface area contributed by atoms with Gasteiger partial charge in [0.1, 0.15) is 18.1 Å². The number of benzene rings is 1. The Labute approximate surface area is 120 Å². The Balaban J connectivity index is 2.30. The fraction of sp³-hybridized carbons (Fsp3) is 0.500. The van der Waals surface area contributed by atoms with E-state index < -0.39 is 18.6 Å². The lowest BCUT2D eigenvalue weighted by molar-refractivity contribution is -0.160. The first kappa shape index (κ1) is 17.3. The third-order valence-corrected chi connectivity index (χ3v) is 2.72. The van der Waals surface area contributed by atoms with E-state index in [-0.39, 0.29) is 25.4 Å². The monoisotopic (exact) mass is 307 g/mol. The highest BCUT2D eigenvalue weighted by molar-refractivity contribution is 5.76. The van der Waals surface area contributed by atoms with E-state index in [9.17, 15) is 22.4 Å². The number of ether oxygens (including phenoxy) is 1. The molecule has 1 aromatic carbocycles. The summed E-state index contributed by atoms with van der Waals surface area (Å²) in [5, 5.41) is 0. The molecule has 0 bridgehead atoms. The predicted octanol–water partition coefficient (Wildman–Crippen LogP) is 3.40. The van der Waals surface area contributed by atoms with Gasteiger partial charge in [-0.25, -0.2) is 4.39 Å². The number of halogens is 4. The van der Waals surface area contributed by atoms with Crippen LogP contribution in [0.1, 0.15) is 19.8 Å². The van der Waals surface area contributed by atoms with Crippen LogP contribution in [-0.2, 0) is 4.79 Å². The van der Waals surface area contributed by atoms with Gasteiger partial charge in [-0.15, -0.1) is 0 Å². The SMILES string of the molecule is CCN(CC(F)(F)F)C(=O)CCCOc1ccc(F)cc1. The molecule has 0 fully saturated rings. The quantitative estimate of drug-likeness (QED) is 0.571. The Morgan fingerprint density at radius 2 is 1.86 bits per heavy atom. The van der Waals surface area contributed by atoms with Gasteiger partial charge in [0.05, 0.1) is 6.61 Å². The minimum Gasteiger partial charge on any atom is -0.494 e. The summed E-state index contributed by atoms with van der Waals surface area (Å²) in [5.41, 5.74) is 0. The van der Waals surface area contributed by atoms with Crippen LogP contribution in [0.25, 0.3) is 0 Å². The minimum atomic E-state index is -4.39. The van der Waals surface area contributed by atoms with Crippen molar-refractivity contribution in [2.75, 3.05) is 19.7 Å². The second-order valence-corrected chi connectivity index (χ2v) is 4.43. The maximum Gasteiger partial charge on any atom is 0.406 e. The van der Waals surface area contributed by atoms with Gasteiger partial charge in [0.2, 0.25) is 5.91 Å². The van der Waals surface area contributed by atoms with Gasteiger partial charge >= 0.3 is 6.18 Å². The van der Waals surface area contributed by atoms with E-state index in [2.05, 4.69) is 0 Å². The van der Waals surface area contributed by atoms with E-state index in [1.807, 2.05) is 0 Å². The van der Waals surface area contributed by atoms with Crippen molar-refractivity contribution < 1.29 is 27.1 Å². The highest BCUT2D eigenvalue weighted by Gasteiger charge is 2.31. The van der Waals surface area contributed by atoms with Crippen LogP contribution in [0.5, 0.6) is 5.75 Å². The molecule has 1 amide bonds. The summed E-state index contributed by atoms with van der Waals surface area (Å²) in [6.45, 7) is 0.456. The summed E-state index contributed by atoms with van der Waals surface area (Å²) < 4.78 is 54.7. The zero-order valence-corrected chi connectivity index (χ0v) is 11.6. The summed E-state index contributed by atoms with van der Waals surface area (Å²) in [7, 11) is 0. The molecule has 0 radical (unpaired) electrons. The molecule has 7 heteroatoms. The molecule has 0 spiro atoms. The van der Waals surface area contributed by atoms with Crippen molar-refractivity contribution in [2.24, 2.45) is 0 Å². The smallest absolute Gasteiger partial charge is 0.406 e. The van der Waals surface area contributed by atoms with Crippen molar-refractivity contribution in [2.45, 2.75) is 25.9 Å². The van der Waals surface area contributed by atoms with Crippen molar-refractivity contribution in [3.05, 3.63) is 30.1 Å². The molecular weight excluding hydrogens is 290 g/mol. The van der Waals surface area contributed by atoms with Crippen molar-refractivity contribution in [1.82, 2.24) is 4.90 Å². The summed E-state index contributed by atoms with van der Waals surface area (Å²) in [5.74, 6) is -0.493. The summed E-state index contributed by atoms with van der Waals surface area (Å²) >= 11 is 0. The molecule has 0 heterocycles. The van der Waals surface area contributed by atoms with Gasteiger partial charge in [-0.1, -0.05) is 0 Å². The van der Waals surface area contributed by atoms with E-state index in [0.29, 0.717) is 12.2 Å². The fourth-order valence-electron chi connectivity index (χ4n) is 1.70. The largest absolute Gasteiger partial charge is 0.494 e. The molecule has 1 rings (SSSR count). The molecule has 0 atom stereocenters. The third-order valence-electron chi connectivity index (χ3n) is 2.72. The predicted molar refractivity (Wildman–Crippen MR) is 69.4 cm³/mol.